The molecule has 0 amide bonds. The first kappa shape index (κ1) is 20.5. The van der Waals surface area contributed by atoms with E-state index in [0.29, 0.717) is 37.0 Å². The molecule has 0 fully saturated rings. The topological polar surface area (TPSA) is 96.1 Å². The SMILES string of the molecule is CCNC(=NCc1ccc(C(=O)OCC)cc1)NCC(C)(O)c1ccco1. The first-order valence-electron chi connectivity index (χ1n) is 9.01. The van der Waals surface area contributed by atoms with Crippen molar-refractivity contribution in [3.63, 3.8) is 0 Å². The van der Waals surface area contributed by atoms with Crippen molar-refractivity contribution in [1.29, 1.82) is 0 Å². The lowest BCUT2D eigenvalue weighted by Crippen LogP contribution is -2.44. The fourth-order valence-corrected chi connectivity index (χ4v) is 2.40. The summed E-state index contributed by atoms with van der Waals surface area (Å²) in [5, 5.41) is 16.8. The number of carbonyl (C=O) groups is 1. The van der Waals surface area contributed by atoms with E-state index in [1.807, 2.05) is 19.1 Å². The van der Waals surface area contributed by atoms with Crippen LogP contribution in [0, 0.1) is 0 Å². The van der Waals surface area contributed by atoms with Crippen LogP contribution < -0.4 is 10.6 Å². The van der Waals surface area contributed by atoms with Gasteiger partial charge in [-0.2, -0.15) is 0 Å². The van der Waals surface area contributed by atoms with Gasteiger partial charge in [-0.15, -0.1) is 0 Å². The minimum atomic E-state index is -1.15. The molecule has 0 saturated heterocycles. The maximum atomic E-state index is 11.7. The Hall–Kier alpha value is -2.80. The van der Waals surface area contributed by atoms with E-state index in [9.17, 15) is 9.90 Å². The number of furan rings is 1. The second kappa shape index (κ2) is 9.78. The Morgan fingerprint density at radius 1 is 1.22 bits per heavy atom. The Morgan fingerprint density at radius 3 is 2.56 bits per heavy atom. The van der Waals surface area contributed by atoms with Crippen LogP contribution in [-0.2, 0) is 16.9 Å². The average Bonchev–Trinajstić information content (AvgIpc) is 3.20. The molecular weight excluding hydrogens is 346 g/mol. The van der Waals surface area contributed by atoms with Crippen LogP contribution in [0.15, 0.2) is 52.1 Å². The van der Waals surface area contributed by atoms with Crippen molar-refractivity contribution in [3.8, 4) is 0 Å². The number of esters is 1. The number of benzene rings is 1. The number of nitrogens with one attached hydrogen (secondary N) is 2. The van der Waals surface area contributed by atoms with E-state index in [1.165, 1.54) is 6.26 Å². The number of aliphatic hydroxyl groups is 1. The summed E-state index contributed by atoms with van der Waals surface area (Å²) in [6.45, 7) is 7.14. The summed E-state index contributed by atoms with van der Waals surface area (Å²) in [5.41, 5.74) is 0.322. The Bertz CT molecular complexity index is 737. The van der Waals surface area contributed by atoms with E-state index >= 15 is 0 Å². The molecule has 146 valence electrons. The highest BCUT2D eigenvalue weighted by Crippen LogP contribution is 2.19. The highest BCUT2D eigenvalue weighted by Gasteiger charge is 2.26. The number of hydrogen-bond donors (Lipinski definition) is 3. The number of hydrogen-bond acceptors (Lipinski definition) is 5. The lowest BCUT2D eigenvalue weighted by molar-refractivity contribution is 0.0385. The molecule has 0 aliphatic rings. The largest absolute Gasteiger partial charge is 0.466 e. The van der Waals surface area contributed by atoms with Crippen LogP contribution in [0.4, 0.5) is 0 Å². The third-order valence-corrected chi connectivity index (χ3v) is 3.88. The molecule has 0 aliphatic carbocycles. The summed E-state index contributed by atoms with van der Waals surface area (Å²) in [5.74, 6) is 0.738. The molecule has 1 atom stereocenters. The average molecular weight is 373 g/mol. The van der Waals surface area contributed by atoms with Crippen molar-refractivity contribution in [2.75, 3.05) is 19.7 Å². The molecule has 1 aromatic heterocycles. The van der Waals surface area contributed by atoms with Crippen LogP contribution in [0.1, 0.15) is 42.5 Å². The van der Waals surface area contributed by atoms with Gasteiger partial charge in [0.2, 0.25) is 0 Å². The lowest BCUT2D eigenvalue weighted by atomic mass is 10.0. The van der Waals surface area contributed by atoms with Gasteiger partial charge in [-0.3, -0.25) is 0 Å². The van der Waals surface area contributed by atoms with Crippen LogP contribution in [0.2, 0.25) is 0 Å². The number of guanidine groups is 1. The molecule has 0 radical (unpaired) electrons. The Balaban J connectivity index is 1.97. The third kappa shape index (κ3) is 6.14. The second-order valence-electron chi connectivity index (χ2n) is 6.22. The summed E-state index contributed by atoms with van der Waals surface area (Å²) < 4.78 is 10.3. The van der Waals surface area contributed by atoms with Crippen molar-refractivity contribution in [2.24, 2.45) is 4.99 Å². The molecule has 0 bridgehead atoms. The van der Waals surface area contributed by atoms with Gasteiger partial charge in [0.05, 0.1) is 31.5 Å². The van der Waals surface area contributed by atoms with Gasteiger partial charge in [0.15, 0.2) is 5.96 Å². The van der Waals surface area contributed by atoms with E-state index in [1.54, 1.807) is 38.1 Å². The summed E-state index contributed by atoms with van der Waals surface area (Å²) in [6, 6.07) is 10.6. The maximum absolute atomic E-state index is 11.7. The van der Waals surface area contributed by atoms with Gasteiger partial charge in [-0.1, -0.05) is 12.1 Å². The minimum absolute atomic E-state index is 0.244. The van der Waals surface area contributed by atoms with Gasteiger partial charge in [0.1, 0.15) is 11.4 Å². The number of carbonyl (C=O) groups excluding carboxylic acids is 1. The van der Waals surface area contributed by atoms with Gasteiger partial charge < -0.3 is 24.9 Å². The first-order chi connectivity index (χ1) is 13.0. The fraction of sp³-hybridized carbons (Fsp3) is 0.400. The monoisotopic (exact) mass is 373 g/mol. The van der Waals surface area contributed by atoms with Crippen LogP contribution in [-0.4, -0.2) is 36.7 Å². The number of aliphatic imine (C=N–C) groups is 1. The standard InChI is InChI=1S/C20H27N3O4/c1-4-21-19(23-14-20(3,25)17-7-6-12-27-17)22-13-15-8-10-16(11-9-15)18(24)26-5-2/h6-12,25H,4-5,13-14H2,1-3H3,(H2,21,22,23). The normalized spacial score (nSPS) is 13.7. The van der Waals surface area contributed by atoms with Crippen molar-refractivity contribution in [1.82, 2.24) is 10.6 Å². The number of ether oxygens (including phenoxy) is 1. The molecule has 2 aromatic rings. The van der Waals surface area contributed by atoms with E-state index in [4.69, 9.17) is 9.15 Å². The van der Waals surface area contributed by atoms with Crippen LogP contribution >= 0.6 is 0 Å². The zero-order valence-corrected chi connectivity index (χ0v) is 16.0. The molecule has 0 aliphatic heterocycles. The first-order valence-corrected chi connectivity index (χ1v) is 9.01. The molecule has 7 heteroatoms. The molecular formula is C20H27N3O4. The zero-order chi connectivity index (χ0) is 19.7. The predicted octanol–water partition coefficient (Wildman–Crippen LogP) is 2.42. The molecule has 2 rings (SSSR count). The van der Waals surface area contributed by atoms with E-state index in [2.05, 4.69) is 15.6 Å². The van der Waals surface area contributed by atoms with Crippen LogP contribution in [0.5, 0.6) is 0 Å². The molecule has 0 spiro atoms. The van der Waals surface area contributed by atoms with Gasteiger partial charge in [-0.25, -0.2) is 9.79 Å². The Morgan fingerprint density at radius 2 is 1.96 bits per heavy atom. The van der Waals surface area contributed by atoms with Crippen LogP contribution in [0.3, 0.4) is 0 Å². The van der Waals surface area contributed by atoms with Crippen LogP contribution in [0.25, 0.3) is 0 Å². The molecule has 1 unspecified atom stereocenters. The van der Waals surface area contributed by atoms with Gasteiger partial charge in [-0.05, 0) is 50.6 Å². The predicted molar refractivity (Wildman–Crippen MR) is 103 cm³/mol. The number of rotatable bonds is 8. The summed E-state index contributed by atoms with van der Waals surface area (Å²) in [7, 11) is 0. The highest BCUT2D eigenvalue weighted by molar-refractivity contribution is 5.89. The molecule has 7 nitrogen and oxygen atoms in total. The minimum Gasteiger partial charge on any atom is -0.466 e. The zero-order valence-electron chi connectivity index (χ0n) is 16.0. The van der Waals surface area contributed by atoms with Gasteiger partial charge in [0, 0.05) is 6.54 Å². The second-order valence-corrected chi connectivity index (χ2v) is 6.22. The molecule has 0 saturated carbocycles. The number of nitrogens with zero attached hydrogens (tertiary/aromatic N) is 1. The van der Waals surface area contributed by atoms with E-state index in [-0.39, 0.29) is 12.5 Å². The Kier molecular flexibility index (Phi) is 7.43. The molecule has 27 heavy (non-hydrogen) atoms. The Labute approximate surface area is 159 Å². The molecule has 1 aromatic carbocycles. The van der Waals surface area contributed by atoms with Crippen molar-refractivity contribution in [2.45, 2.75) is 32.9 Å². The maximum Gasteiger partial charge on any atom is 0.338 e. The molecule has 1 heterocycles. The fourth-order valence-electron chi connectivity index (χ4n) is 2.40. The van der Waals surface area contributed by atoms with Crippen molar-refractivity contribution >= 4 is 11.9 Å². The summed E-state index contributed by atoms with van der Waals surface area (Å²) in [4.78, 5) is 16.2. The smallest absolute Gasteiger partial charge is 0.338 e. The van der Waals surface area contributed by atoms with Gasteiger partial charge >= 0.3 is 5.97 Å². The third-order valence-electron chi connectivity index (χ3n) is 3.88. The summed E-state index contributed by atoms with van der Waals surface area (Å²) >= 11 is 0. The van der Waals surface area contributed by atoms with E-state index in [0.717, 1.165) is 5.56 Å². The van der Waals surface area contributed by atoms with Crippen molar-refractivity contribution < 1.29 is 19.1 Å². The van der Waals surface area contributed by atoms with Crippen molar-refractivity contribution in [3.05, 3.63) is 59.5 Å². The van der Waals surface area contributed by atoms with Gasteiger partial charge in [0.25, 0.3) is 0 Å². The lowest BCUT2D eigenvalue weighted by Gasteiger charge is -2.22. The summed E-state index contributed by atoms with van der Waals surface area (Å²) in [6.07, 6.45) is 1.53. The molecule has 3 N–H and O–H groups in total. The van der Waals surface area contributed by atoms with E-state index < -0.39 is 5.60 Å². The highest BCUT2D eigenvalue weighted by atomic mass is 16.5. The quantitative estimate of drug-likeness (QED) is 0.374.